The molecule has 0 amide bonds. The Morgan fingerprint density at radius 3 is 1.17 bits per heavy atom. The van der Waals surface area contributed by atoms with Gasteiger partial charge in [0.1, 0.15) is 0 Å². The maximum absolute atomic E-state index is 7.68. The zero-order chi connectivity index (χ0) is 3.58. The van der Waals surface area contributed by atoms with E-state index < -0.39 is 8.38 Å². The van der Waals surface area contributed by atoms with Gasteiger partial charge < -0.3 is 9.79 Å². The first kappa shape index (κ1) is 26.8. The Morgan fingerprint density at radius 2 is 1.17 bits per heavy atom. The Hall–Kier alpha value is -1.65. The van der Waals surface area contributed by atoms with Crippen molar-refractivity contribution in [2.75, 3.05) is 6.66 Å². The minimum absolute atomic E-state index is 0. The molecular formula is CH5O2PRf2. The minimum atomic E-state index is -1.62. The smallest absolute Gasteiger partial charge is 0.161 e. The predicted octanol–water partition coefficient (Wildman–Crippen LogP) is -0.0873. The van der Waals surface area contributed by atoms with E-state index in [-0.39, 0.29) is 0 Å². The molecular weight excluding hydrogens is 609 g/mol. The van der Waals surface area contributed by atoms with Crippen molar-refractivity contribution < 1.29 is 9.79 Å². The van der Waals surface area contributed by atoms with Crippen LogP contribution in [-0.4, -0.2) is 16.5 Å². The van der Waals surface area contributed by atoms with E-state index in [9.17, 15) is 0 Å². The molecule has 0 fully saturated rings. The van der Waals surface area contributed by atoms with E-state index in [1.165, 1.54) is 6.66 Å². The van der Waals surface area contributed by atoms with Crippen LogP contribution in [0.4, 0.5) is 0 Å². The summed E-state index contributed by atoms with van der Waals surface area (Å²) in [5, 5.41) is 0. The molecule has 0 unspecified atom stereocenters. The number of rotatable bonds is 0. The van der Waals surface area contributed by atoms with E-state index in [0.29, 0.717) is 0 Å². The van der Waals surface area contributed by atoms with Gasteiger partial charge in [0.2, 0.25) is 0 Å². The Labute approximate surface area is 26.0 Å². The zero-order valence-electron chi connectivity index (χ0n) is 3.76. The normalized spacial score (nSPS) is 6.00. The molecule has 0 saturated carbocycles. The standard InChI is InChI=1S/CH5O2P.2Rf/c1-4(2)3;;/h2-3H,1H3;;. The molecule has 0 aliphatic carbocycles. The van der Waals surface area contributed by atoms with Gasteiger partial charge in [-0.15, -0.1) is 0 Å². The van der Waals surface area contributed by atoms with Gasteiger partial charge in [-0.3, -0.25) is 0 Å². The van der Waals surface area contributed by atoms with Crippen molar-refractivity contribution in [2.24, 2.45) is 0 Å². The van der Waals surface area contributed by atoms with Crippen LogP contribution in [-0.2, 0) is 0 Å². The molecule has 0 atom stereocenters. The first-order valence-corrected chi connectivity index (χ1v) is 2.54. The summed E-state index contributed by atoms with van der Waals surface area (Å²) in [6.45, 7) is 1.34. The van der Waals surface area contributed by atoms with Crippen molar-refractivity contribution in [3.05, 3.63) is 0 Å². The Kier molecular flexibility index (Phi) is 45.3. The van der Waals surface area contributed by atoms with Crippen LogP contribution in [0.5, 0.6) is 0 Å². The molecule has 6 heavy (non-hydrogen) atoms. The van der Waals surface area contributed by atoms with Gasteiger partial charge in [0, 0.05) is 6.66 Å². The summed E-state index contributed by atoms with van der Waals surface area (Å²) in [4.78, 5) is 15.4. The maximum atomic E-state index is 7.68. The quantitative estimate of drug-likeness (QED) is 0.376. The van der Waals surface area contributed by atoms with Gasteiger partial charge in [-0.1, -0.05) is 0 Å². The third kappa shape index (κ3) is 1.57. The number of hydrogen-bond donors (Lipinski definition) is 2. The second-order valence-corrected chi connectivity index (χ2v) is 1.47. The molecule has 2 nitrogen and oxygen atoms in total. The zero-order valence-corrected chi connectivity index (χ0v) is 17.4. The van der Waals surface area contributed by atoms with Crippen LogP contribution in [0.15, 0.2) is 0 Å². The Balaban J connectivity index is -0.0000000450. The minimum Gasteiger partial charge on any atom is -0.350 e. The summed E-state index contributed by atoms with van der Waals surface area (Å²) < 4.78 is 0. The molecule has 0 aliphatic heterocycles. The fraction of sp³-hybridized carbons (Fsp3) is 1.00. The second kappa shape index (κ2) is 10.2. The summed E-state index contributed by atoms with van der Waals surface area (Å²) in [6, 6.07) is 0. The average Bonchev–Trinajstić information content (AvgIpc) is 0.811. The van der Waals surface area contributed by atoms with Gasteiger partial charge in [0.25, 0.3) is 0 Å². The molecule has 0 saturated heterocycles. The molecule has 5 heteroatoms. The van der Waals surface area contributed by atoms with E-state index in [0.717, 1.165) is 0 Å². The van der Waals surface area contributed by atoms with E-state index in [1.807, 2.05) is 0 Å². The average molecular weight is 614 g/mol. The fourth-order valence-electron chi connectivity index (χ4n) is 0. The van der Waals surface area contributed by atoms with Crippen molar-refractivity contribution in [3.8, 4) is 0 Å². The molecule has 0 spiro atoms. The second-order valence-electron chi connectivity index (χ2n) is 0.489. The molecule has 0 rings (SSSR count). The van der Waals surface area contributed by atoms with Gasteiger partial charge in [-0.2, -0.15) is 0 Å². The topological polar surface area (TPSA) is 40.5 Å². The molecule has 0 aromatic rings. The van der Waals surface area contributed by atoms with Gasteiger partial charge >= 0.3 is 0 Å². The first-order chi connectivity index (χ1) is 1.73. The largest absolute Gasteiger partial charge is 0.350 e. The molecule has 0 aromatic heterocycles. The SMILES string of the molecule is CP(O)O.[Rf].[Rf]. The van der Waals surface area contributed by atoms with Crippen molar-refractivity contribution in [1.29, 1.82) is 0 Å². The van der Waals surface area contributed by atoms with Crippen LogP contribution in [0.2, 0.25) is 0 Å². The van der Waals surface area contributed by atoms with Crippen molar-refractivity contribution in [3.63, 3.8) is 0 Å². The van der Waals surface area contributed by atoms with E-state index in [1.54, 1.807) is 0 Å². The van der Waals surface area contributed by atoms with Crippen molar-refractivity contribution in [2.45, 2.75) is 0 Å². The fourth-order valence-corrected chi connectivity index (χ4v) is 0. The summed E-state index contributed by atoms with van der Waals surface area (Å²) in [7, 11) is -1.62. The van der Waals surface area contributed by atoms with Gasteiger partial charge in [0.15, 0.2) is 8.38 Å². The van der Waals surface area contributed by atoms with Gasteiger partial charge in [0.05, 0.1) is 0 Å². The van der Waals surface area contributed by atoms with Crippen LogP contribution in [0.25, 0.3) is 0 Å². The molecule has 2 N–H and O–H groups in total. The van der Waals surface area contributed by atoms with Crippen LogP contribution >= 0.6 is 8.38 Å². The monoisotopic (exact) mass is 614 g/mol. The summed E-state index contributed by atoms with van der Waals surface area (Å²) in [5.41, 5.74) is 0. The third-order valence-electron chi connectivity index (χ3n) is 0. The maximum Gasteiger partial charge on any atom is 0.161 e. The summed E-state index contributed by atoms with van der Waals surface area (Å²) in [5.74, 6) is 0. The molecule has 30 valence electrons. The van der Waals surface area contributed by atoms with E-state index in [2.05, 4.69) is 0 Å². The predicted molar refractivity (Wildman–Crippen MR) is 17.3 cm³/mol. The van der Waals surface area contributed by atoms with E-state index >= 15 is 0 Å². The summed E-state index contributed by atoms with van der Waals surface area (Å²) in [6.07, 6.45) is 0. The van der Waals surface area contributed by atoms with Gasteiger partial charge in [-0.25, -0.2) is 0 Å². The van der Waals surface area contributed by atoms with Crippen LogP contribution in [0.3, 0.4) is 0 Å². The van der Waals surface area contributed by atoms with Crippen LogP contribution in [0.1, 0.15) is 0 Å². The van der Waals surface area contributed by atoms with Crippen LogP contribution in [0, 0.1) is 0 Å². The number of hydrogen-bond acceptors (Lipinski definition) is 2. The van der Waals surface area contributed by atoms with E-state index in [4.69, 9.17) is 9.79 Å². The third-order valence-corrected chi connectivity index (χ3v) is 0. The molecule has 0 bridgehead atoms. The van der Waals surface area contributed by atoms with Crippen molar-refractivity contribution in [1.82, 2.24) is 0 Å². The molecule has 0 aromatic carbocycles. The molecule has 0 aliphatic rings. The van der Waals surface area contributed by atoms with Crippen LogP contribution < -0.4 is 0 Å². The Morgan fingerprint density at radius 1 is 1.17 bits per heavy atom. The Bertz CT molecular complexity index is 16.3. The summed E-state index contributed by atoms with van der Waals surface area (Å²) >= 11 is 0. The van der Waals surface area contributed by atoms with Crippen molar-refractivity contribution >= 4 is 8.38 Å². The van der Waals surface area contributed by atoms with Gasteiger partial charge in [-0.05, 0) is 0 Å². The molecule has 0 radical (unpaired) electrons. The first-order valence-electron chi connectivity index (χ1n) is 0.847. The molecule has 0 heterocycles.